The first-order valence-corrected chi connectivity index (χ1v) is 9.95. The van der Waals surface area contributed by atoms with Crippen molar-refractivity contribution in [3.8, 4) is 0 Å². The van der Waals surface area contributed by atoms with Gasteiger partial charge in [-0.05, 0) is 30.9 Å². The van der Waals surface area contributed by atoms with Crippen molar-refractivity contribution in [2.24, 2.45) is 10.9 Å². The molecule has 0 aromatic heterocycles. The Morgan fingerprint density at radius 3 is 2.70 bits per heavy atom. The Balaban J connectivity index is 1.93. The topological polar surface area (TPSA) is 60.0 Å². The first-order valence-electron chi connectivity index (χ1n) is 9.95. The van der Waals surface area contributed by atoms with Gasteiger partial charge in [-0.25, -0.2) is 4.99 Å². The van der Waals surface area contributed by atoms with Gasteiger partial charge in [-0.2, -0.15) is 0 Å². The number of amides is 1. The van der Waals surface area contributed by atoms with Gasteiger partial charge >= 0.3 is 0 Å². The maximum absolute atomic E-state index is 11.9. The zero-order valence-electron chi connectivity index (χ0n) is 17.2. The fourth-order valence-electron chi connectivity index (χ4n) is 3.09. The van der Waals surface area contributed by atoms with E-state index >= 15 is 0 Å². The van der Waals surface area contributed by atoms with Crippen molar-refractivity contribution in [1.29, 1.82) is 0 Å². The molecule has 1 amide bonds. The molecule has 6 nitrogen and oxygen atoms in total. The standard InChI is InChI=1S/C21H35N5O/c1-17(2)13-22-21(23-14-20(27)25(3)4)24-19-11-8-12-26(16-19)15-18-9-6-5-7-10-18/h5-7,9-10,17,19H,8,11-16H2,1-4H3,(H2,22,23,24). The maximum atomic E-state index is 11.9. The number of piperidine rings is 1. The van der Waals surface area contributed by atoms with E-state index in [1.54, 1.807) is 19.0 Å². The predicted molar refractivity (Wildman–Crippen MR) is 112 cm³/mol. The normalized spacial score (nSPS) is 18.4. The summed E-state index contributed by atoms with van der Waals surface area (Å²) in [5, 5.41) is 6.92. The summed E-state index contributed by atoms with van der Waals surface area (Å²) >= 11 is 0. The zero-order chi connectivity index (χ0) is 19.6. The predicted octanol–water partition coefficient (Wildman–Crippen LogP) is 1.93. The van der Waals surface area contributed by atoms with Crippen LogP contribution in [0.15, 0.2) is 35.3 Å². The average Bonchev–Trinajstić information content (AvgIpc) is 2.64. The number of guanidine groups is 1. The fourth-order valence-corrected chi connectivity index (χ4v) is 3.09. The van der Waals surface area contributed by atoms with Crippen LogP contribution >= 0.6 is 0 Å². The molecule has 6 heteroatoms. The third kappa shape index (κ3) is 7.99. The Morgan fingerprint density at radius 1 is 1.30 bits per heavy atom. The number of likely N-dealkylation sites (N-methyl/N-ethyl adjacent to an activating group) is 1. The van der Waals surface area contributed by atoms with Gasteiger partial charge in [0.1, 0.15) is 6.54 Å². The van der Waals surface area contributed by atoms with Crippen LogP contribution in [0.4, 0.5) is 0 Å². The fraction of sp³-hybridized carbons (Fsp3) is 0.619. The van der Waals surface area contributed by atoms with E-state index < -0.39 is 0 Å². The second kappa shape index (κ2) is 10.9. The van der Waals surface area contributed by atoms with E-state index in [0.717, 1.165) is 38.6 Å². The van der Waals surface area contributed by atoms with Crippen LogP contribution in [0.1, 0.15) is 32.3 Å². The van der Waals surface area contributed by atoms with Gasteiger partial charge in [0.2, 0.25) is 5.91 Å². The van der Waals surface area contributed by atoms with Crippen molar-refractivity contribution in [2.75, 3.05) is 40.3 Å². The minimum atomic E-state index is 0.00925. The summed E-state index contributed by atoms with van der Waals surface area (Å²) in [5.41, 5.74) is 1.35. The number of benzene rings is 1. The third-order valence-electron chi connectivity index (χ3n) is 4.64. The minimum absolute atomic E-state index is 0.00925. The number of aliphatic imine (C=N–C) groups is 1. The highest BCUT2D eigenvalue weighted by molar-refractivity contribution is 5.84. The number of carbonyl (C=O) groups is 1. The van der Waals surface area contributed by atoms with Gasteiger partial charge in [0.15, 0.2) is 5.96 Å². The molecule has 1 saturated heterocycles. The number of rotatable bonds is 7. The summed E-state index contributed by atoms with van der Waals surface area (Å²) < 4.78 is 0. The van der Waals surface area contributed by atoms with Crippen LogP contribution in [0.3, 0.4) is 0 Å². The first-order chi connectivity index (χ1) is 12.9. The van der Waals surface area contributed by atoms with E-state index in [0.29, 0.717) is 12.0 Å². The highest BCUT2D eigenvalue weighted by atomic mass is 16.2. The molecule has 27 heavy (non-hydrogen) atoms. The summed E-state index contributed by atoms with van der Waals surface area (Å²) in [4.78, 5) is 20.5. The molecular formula is C21H35N5O. The summed E-state index contributed by atoms with van der Waals surface area (Å²) in [6.07, 6.45) is 2.29. The molecule has 0 saturated carbocycles. The molecule has 1 aromatic rings. The van der Waals surface area contributed by atoms with E-state index in [4.69, 9.17) is 0 Å². The molecule has 0 radical (unpaired) electrons. The van der Waals surface area contributed by atoms with Crippen molar-refractivity contribution >= 4 is 11.9 Å². The average molecular weight is 374 g/mol. The lowest BCUT2D eigenvalue weighted by Gasteiger charge is -2.34. The Bertz CT molecular complexity index is 600. The highest BCUT2D eigenvalue weighted by Gasteiger charge is 2.21. The second-order valence-corrected chi connectivity index (χ2v) is 7.93. The molecule has 1 aliphatic rings. The lowest BCUT2D eigenvalue weighted by atomic mass is 10.0. The molecular weight excluding hydrogens is 338 g/mol. The molecule has 150 valence electrons. The second-order valence-electron chi connectivity index (χ2n) is 7.93. The van der Waals surface area contributed by atoms with Gasteiger partial charge < -0.3 is 15.5 Å². The van der Waals surface area contributed by atoms with Crippen LogP contribution in [-0.4, -0.2) is 68.0 Å². The molecule has 0 spiro atoms. The zero-order valence-corrected chi connectivity index (χ0v) is 17.2. The van der Waals surface area contributed by atoms with Gasteiger partial charge in [-0.1, -0.05) is 44.2 Å². The SMILES string of the molecule is CC(C)CNC(=NCC(=O)N(C)C)NC1CCCN(Cc2ccccc2)C1. The molecule has 1 aromatic carbocycles. The Morgan fingerprint density at radius 2 is 2.04 bits per heavy atom. The molecule has 0 aliphatic carbocycles. The molecule has 0 bridgehead atoms. The summed E-state index contributed by atoms with van der Waals surface area (Å²) in [6, 6.07) is 11.0. The van der Waals surface area contributed by atoms with Crippen LogP contribution in [0.25, 0.3) is 0 Å². The van der Waals surface area contributed by atoms with Crippen molar-refractivity contribution in [3.63, 3.8) is 0 Å². The lowest BCUT2D eigenvalue weighted by molar-refractivity contribution is -0.127. The molecule has 2 N–H and O–H groups in total. The van der Waals surface area contributed by atoms with Gasteiger partial charge in [0, 0.05) is 39.8 Å². The number of carbonyl (C=O) groups excluding carboxylic acids is 1. The van der Waals surface area contributed by atoms with Crippen LogP contribution in [0, 0.1) is 5.92 Å². The highest BCUT2D eigenvalue weighted by Crippen LogP contribution is 2.13. The van der Waals surface area contributed by atoms with Crippen LogP contribution in [-0.2, 0) is 11.3 Å². The minimum Gasteiger partial charge on any atom is -0.356 e. The van der Waals surface area contributed by atoms with Gasteiger partial charge in [-0.3, -0.25) is 9.69 Å². The third-order valence-corrected chi connectivity index (χ3v) is 4.64. The molecule has 1 unspecified atom stereocenters. The molecule has 1 heterocycles. The van der Waals surface area contributed by atoms with E-state index in [9.17, 15) is 4.79 Å². The van der Waals surface area contributed by atoms with Gasteiger partial charge in [0.05, 0.1) is 0 Å². The smallest absolute Gasteiger partial charge is 0.243 e. The summed E-state index contributed by atoms with van der Waals surface area (Å²) in [6.45, 7) is 8.42. The largest absolute Gasteiger partial charge is 0.356 e. The van der Waals surface area contributed by atoms with Gasteiger partial charge in [0.25, 0.3) is 0 Å². The van der Waals surface area contributed by atoms with Gasteiger partial charge in [-0.15, -0.1) is 0 Å². The molecule has 1 fully saturated rings. The van der Waals surface area contributed by atoms with Crippen molar-refractivity contribution in [3.05, 3.63) is 35.9 Å². The Kier molecular flexibility index (Phi) is 8.58. The molecule has 1 atom stereocenters. The molecule has 1 aliphatic heterocycles. The number of nitrogens with one attached hydrogen (secondary N) is 2. The quantitative estimate of drug-likeness (QED) is 0.566. The van der Waals surface area contributed by atoms with Crippen molar-refractivity contribution in [2.45, 2.75) is 39.3 Å². The van der Waals surface area contributed by atoms with Crippen LogP contribution in [0.5, 0.6) is 0 Å². The monoisotopic (exact) mass is 373 g/mol. The summed E-state index contributed by atoms with van der Waals surface area (Å²) in [5.74, 6) is 1.27. The maximum Gasteiger partial charge on any atom is 0.243 e. The van der Waals surface area contributed by atoms with Crippen molar-refractivity contribution in [1.82, 2.24) is 20.4 Å². The number of likely N-dealkylation sites (tertiary alicyclic amines) is 1. The number of hydrogen-bond donors (Lipinski definition) is 2. The van der Waals surface area contributed by atoms with Crippen molar-refractivity contribution < 1.29 is 4.79 Å². The molecule has 2 rings (SSSR count). The Hall–Kier alpha value is -2.08. The number of hydrogen-bond acceptors (Lipinski definition) is 3. The van der Waals surface area contributed by atoms with E-state index in [1.807, 2.05) is 0 Å². The van der Waals surface area contributed by atoms with Crippen LogP contribution in [0.2, 0.25) is 0 Å². The van der Waals surface area contributed by atoms with E-state index in [1.165, 1.54) is 12.0 Å². The summed E-state index contributed by atoms with van der Waals surface area (Å²) in [7, 11) is 3.52. The van der Waals surface area contributed by atoms with Crippen LogP contribution < -0.4 is 10.6 Å². The van der Waals surface area contributed by atoms with E-state index in [2.05, 4.69) is 64.7 Å². The van der Waals surface area contributed by atoms with E-state index in [-0.39, 0.29) is 12.5 Å². The lowest BCUT2D eigenvalue weighted by Crippen LogP contribution is -2.51. The Labute approximate surface area is 164 Å². The number of nitrogens with zero attached hydrogens (tertiary/aromatic N) is 3. The first kappa shape index (κ1) is 21.2.